The fourth-order valence-electron chi connectivity index (χ4n) is 3.88. The third kappa shape index (κ3) is 5.87. The van der Waals surface area contributed by atoms with E-state index in [0.29, 0.717) is 17.1 Å². The SMILES string of the molecule is Cc1ccc(Oc2ccc(N3C[C@@H](C(=O)OCC(=O)Nc4ccccc4C)CC3=O)cc2)cc1C. The van der Waals surface area contributed by atoms with Gasteiger partial charge in [0.1, 0.15) is 11.5 Å². The molecule has 3 aromatic rings. The van der Waals surface area contributed by atoms with E-state index < -0.39 is 24.4 Å². The molecule has 7 nitrogen and oxygen atoms in total. The first kappa shape index (κ1) is 24.0. The highest BCUT2D eigenvalue weighted by Crippen LogP contribution is 2.29. The Morgan fingerprint density at radius 1 is 0.914 bits per heavy atom. The fourth-order valence-corrected chi connectivity index (χ4v) is 3.88. The topological polar surface area (TPSA) is 84.9 Å². The van der Waals surface area contributed by atoms with Crippen molar-refractivity contribution >= 4 is 29.2 Å². The zero-order chi connectivity index (χ0) is 24.9. The molecule has 1 atom stereocenters. The summed E-state index contributed by atoms with van der Waals surface area (Å²) in [7, 11) is 0. The Kier molecular flexibility index (Phi) is 7.15. The van der Waals surface area contributed by atoms with E-state index in [1.807, 2.05) is 57.2 Å². The van der Waals surface area contributed by atoms with E-state index in [-0.39, 0.29) is 18.9 Å². The first-order chi connectivity index (χ1) is 16.8. The molecule has 0 bridgehead atoms. The summed E-state index contributed by atoms with van der Waals surface area (Å²) in [5.74, 6) is -0.380. The Hall–Kier alpha value is -4.13. The average Bonchev–Trinajstić information content (AvgIpc) is 3.23. The van der Waals surface area contributed by atoms with Crippen LogP contribution in [0, 0.1) is 26.7 Å². The van der Waals surface area contributed by atoms with Crippen molar-refractivity contribution in [3.63, 3.8) is 0 Å². The van der Waals surface area contributed by atoms with Crippen LogP contribution in [0.5, 0.6) is 11.5 Å². The number of rotatable bonds is 7. The fraction of sp³-hybridized carbons (Fsp3) is 0.250. The lowest BCUT2D eigenvalue weighted by Gasteiger charge is -2.17. The van der Waals surface area contributed by atoms with Crippen molar-refractivity contribution in [2.45, 2.75) is 27.2 Å². The number of esters is 1. The molecule has 0 unspecified atom stereocenters. The van der Waals surface area contributed by atoms with Gasteiger partial charge in [-0.1, -0.05) is 24.3 Å². The van der Waals surface area contributed by atoms with Crippen LogP contribution in [-0.4, -0.2) is 30.9 Å². The van der Waals surface area contributed by atoms with Crippen LogP contribution in [0.2, 0.25) is 0 Å². The van der Waals surface area contributed by atoms with Gasteiger partial charge in [-0.25, -0.2) is 0 Å². The summed E-state index contributed by atoms with van der Waals surface area (Å²) in [6.07, 6.45) is 0.0408. The molecule has 0 aromatic heterocycles. The van der Waals surface area contributed by atoms with Gasteiger partial charge in [-0.2, -0.15) is 0 Å². The van der Waals surface area contributed by atoms with Gasteiger partial charge in [-0.15, -0.1) is 0 Å². The van der Waals surface area contributed by atoms with Crippen molar-refractivity contribution in [2.75, 3.05) is 23.4 Å². The number of para-hydroxylation sites is 1. The van der Waals surface area contributed by atoms with Gasteiger partial charge in [0.05, 0.1) is 5.92 Å². The second-order valence-electron chi connectivity index (χ2n) is 8.72. The van der Waals surface area contributed by atoms with Crippen LogP contribution in [0.3, 0.4) is 0 Å². The number of carbonyl (C=O) groups excluding carboxylic acids is 3. The maximum atomic E-state index is 12.6. The normalized spacial score (nSPS) is 15.1. The summed E-state index contributed by atoms with van der Waals surface area (Å²) in [6, 6.07) is 20.4. The molecule has 35 heavy (non-hydrogen) atoms. The van der Waals surface area contributed by atoms with E-state index in [2.05, 4.69) is 5.32 Å². The van der Waals surface area contributed by atoms with Crippen molar-refractivity contribution in [1.82, 2.24) is 0 Å². The van der Waals surface area contributed by atoms with Crippen LogP contribution in [0.15, 0.2) is 66.7 Å². The zero-order valence-electron chi connectivity index (χ0n) is 20.0. The van der Waals surface area contributed by atoms with E-state index in [4.69, 9.17) is 9.47 Å². The minimum absolute atomic E-state index is 0.0408. The smallest absolute Gasteiger partial charge is 0.311 e. The Morgan fingerprint density at radius 2 is 1.63 bits per heavy atom. The van der Waals surface area contributed by atoms with Crippen molar-refractivity contribution in [3.8, 4) is 11.5 Å². The molecule has 0 radical (unpaired) electrons. The summed E-state index contributed by atoms with van der Waals surface area (Å²) in [5, 5.41) is 2.72. The van der Waals surface area contributed by atoms with Gasteiger partial charge < -0.3 is 19.7 Å². The van der Waals surface area contributed by atoms with E-state index in [9.17, 15) is 14.4 Å². The molecule has 1 fully saturated rings. The highest BCUT2D eigenvalue weighted by molar-refractivity contribution is 6.00. The molecule has 4 rings (SSSR count). The highest BCUT2D eigenvalue weighted by atomic mass is 16.5. The second-order valence-corrected chi connectivity index (χ2v) is 8.72. The molecule has 1 N–H and O–H groups in total. The lowest BCUT2D eigenvalue weighted by Crippen LogP contribution is -2.28. The maximum Gasteiger partial charge on any atom is 0.311 e. The number of anilines is 2. The van der Waals surface area contributed by atoms with E-state index in [1.165, 1.54) is 5.56 Å². The molecule has 7 heteroatoms. The third-order valence-electron chi connectivity index (χ3n) is 6.09. The molecule has 0 spiro atoms. The Bertz CT molecular complexity index is 1250. The van der Waals surface area contributed by atoms with E-state index in [1.54, 1.807) is 35.2 Å². The number of nitrogens with one attached hydrogen (secondary N) is 1. The predicted molar refractivity (Wildman–Crippen MR) is 134 cm³/mol. The van der Waals surface area contributed by atoms with E-state index in [0.717, 1.165) is 16.9 Å². The van der Waals surface area contributed by atoms with Crippen molar-refractivity contribution in [1.29, 1.82) is 0 Å². The van der Waals surface area contributed by atoms with Crippen molar-refractivity contribution in [3.05, 3.63) is 83.4 Å². The van der Waals surface area contributed by atoms with Crippen molar-refractivity contribution in [2.24, 2.45) is 5.92 Å². The van der Waals surface area contributed by atoms with Crippen molar-refractivity contribution < 1.29 is 23.9 Å². The van der Waals surface area contributed by atoms with Crippen LogP contribution < -0.4 is 15.0 Å². The summed E-state index contributed by atoms with van der Waals surface area (Å²) in [6.45, 7) is 5.76. The predicted octanol–water partition coefficient (Wildman–Crippen LogP) is 4.94. The molecule has 3 aromatic carbocycles. The molecule has 1 heterocycles. The summed E-state index contributed by atoms with van der Waals surface area (Å²) < 4.78 is 11.1. The monoisotopic (exact) mass is 472 g/mol. The van der Waals surface area contributed by atoms with Crippen LogP contribution in [-0.2, 0) is 19.1 Å². The number of carbonyl (C=O) groups is 3. The minimum Gasteiger partial charge on any atom is -0.457 e. The molecule has 1 aliphatic rings. The van der Waals surface area contributed by atoms with Crippen LogP contribution in [0.1, 0.15) is 23.1 Å². The number of benzene rings is 3. The number of ether oxygens (including phenoxy) is 2. The zero-order valence-corrected chi connectivity index (χ0v) is 20.0. The minimum atomic E-state index is -0.625. The number of amides is 2. The van der Waals surface area contributed by atoms with Crippen LogP contribution in [0.4, 0.5) is 11.4 Å². The molecule has 1 aliphatic heterocycles. The molecule has 180 valence electrons. The second kappa shape index (κ2) is 10.4. The number of hydrogen-bond donors (Lipinski definition) is 1. The maximum absolute atomic E-state index is 12.6. The van der Waals surface area contributed by atoms with Gasteiger partial charge in [0, 0.05) is 24.3 Å². The third-order valence-corrected chi connectivity index (χ3v) is 6.09. The number of aryl methyl sites for hydroxylation is 3. The molecule has 1 saturated heterocycles. The molecule has 2 amide bonds. The Labute approximate surface area is 204 Å². The number of hydrogen-bond acceptors (Lipinski definition) is 5. The van der Waals surface area contributed by atoms with Gasteiger partial charge in [-0.3, -0.25) is 14.4 Å². The molecular weight excluding hydrogens is 444 g/mol. The van der Waals surface area contributed by atoms with Gasteiger partial charge in [-0.05, 0) is 79.9 Å². The standard InChI is InChI=1S/C28H28N2O5/c1-18-8-11-24(14-20(18)3)35-23-12-9-22(10-13-23)30-16-21(15-27(30)32)28(33)34-17-26(31)29-25-7-5-4-6-19(25)2/h4-14,21H,15-17H2,1-3H3,(H,29,31)/t21-/m0/s1. The summed E-state index contributed by atoms with van der Waals surface area (Å²) in [4.78, 5) is 38.8. The quantitative estimate of drug-likeness (QED) is 0.493. The molecule has 0 aliphatic carbocycles. The Morgan fingerprint density at radius 3 is 2.34 bits per heavy atom. The molecular formula is C28H28N2O5. The summed E-state index contributed by atoms with van der Waals surface area (Å²) in [5.41, 5.74) is 4.60. The Balaban J connectivity index is 1.30. The lowest BCUT2D eigenvalue weighted by molar-refractivity contribution is -0.151. The van der Waals surface area contributed by atoms with Gasteiger partial charge >= 0.3 is 5.97 Å². The lowest BCUT2D eigenvalue weighted by atomic mass is 10.1. The first-order valence-electron chi connectivity index (χ1n) is 11.5. The average molecular weight is 473 g/mol. The van der Waals surface area contributed by atoms with Crippen LogP contribution >= 0.6 is 0 Å². The first-order valence-corrected chi connectivity index (χ1v) is 11.5. The van der Waals surface area contributed by atoms with E-state index >= 15 is 0 Å². The number of nitrogens with zero attached hydrogens (tertiary/aromatic N) is 1. The van der Waals surface area contributed by atoms with Gasteiger partial charge in [0.15, 0.2) is 6.61 Å². The largest absolute Gasteiger partial charge is 0.457 e. The van der Waals surface area contributed by atoms with Gasteiger partial charge in [0.25, 0.3) is 5.91 Å². The van der Waals surface area contributed by atoms with Gasteiger partial charge in [0.2, 0.25) is 5.91 Å². The molecule has 0 saturated carbocycles. The highest BCUT2D eigenvalue weighted by Gasteiger charge is 2.36. The summed E-state index contributed by atoms with van der Waals surface area (Å²) >= 11 is 0. The van der Waals surface area contributed by atoms with Crippen LogP contribution in [0.25, 0.3) is 0 Å².